The third kappa shape index (κ3) is 19.5. The molecule has 0 N–H and O–H groups in total. The van der Waals surface area contributed by atoms with Crippen molar-refractivity contribution in [2.45, 2.75) is 111 Å². The van der Waals surface area contributed by atoms with Crippen molar-refractivity contribution < 1.29 is 30.2 Å². The molecule has 202 valence electrons. The van der Waals surface area contributed by atoms with Crippen molar-refractivity contribution >= 4 is 20.4 Å². The molecular weight excluding hydrogens is 473 g/mol. The van der Waals surface area contributed by atoms with E-state index in [-0.39, 0.29) is 12.4 Å². The highest BCUT2D eigenvalue weighted by molar-refractivity contribution is 6.60. The summed E-state index contributed by atoms with van der Waals surface area (Å²) >= 11 is 5.98. The monoisotopic (exact) mass is 529 g/mol. The Balaban J connectivity index is 0. The van der Waals surface area contributed by atoms with Gasteiger partial charge in [0, 0.05) is 44.1 Å². The van der Waals surface area contributed by atoms with Gasteiger partial charge >= 0.3 is 8.80 Å². The van der Waals surface area contributed by atoms with Crippen LogP contribution in [0.25, 0.3) is 0 Å². The number of hydrogen-bond acceptors (Lipinski definition) is 3. The summed E-state index contributed by atoms with van der Waals surface area (Å²) in [5.41, 5.74) is 0. The lowest BCUT2D eigenvalue weighted by Crippen LogP contribution is -3.00. The van der Waals surface area contributed by atoms with Crippen LogP contribution in [0.4, 0.5) is 0 Å². The summed E-state index contributed by atoms with van der Waals surface area (Å²) in [4.78, 5) is 0. The number of quaternary nitrogens is 1. The first-order valence-corrected chi connectivity index (χ1v) is 16.1. The minimum absolute atomic E-state index is 0. The molecular formula is C26H57Cl2NO3Si. The quantitative estimate of drug-likeness (QED) is 0.0786. The lowest BCUT2D eigenvalue weighted by Gasteiger charge is -2.34. The van der Waals surface area contributed by atoms with E-state index in [1.807, 2.05) is 20.8 Å². The Labute approximate surface area is 219 Å². The molecule has 0 heterocycles. The number of hydrogen-bond donors (Lipinski definition) is 0. The minimum Gasteiger partial charge on any atom is -1.00 e. The average molecular weight is 531 g/mol. The highest BCUT2D eigenvalue weighted by Crippen LogP contribution is 2.25. The molecule has 0 rings (SSSR count). The van der Waals surface area contributed by atoms with Crippen LogP contribution in [0.3, 0.4) is 0 Å². The van der Waals surface area contributed by atoms with Crippen molar-refractivity contribution in [3.05, 3.63) is 0 Å². The molecule has 0 aromatic rings. The largest absolute Gasteiger partial charge is 1.00 e. The van der Waals surface area contributed by atoms with E-state index in [0.717, 1.165) is 41.7 Å². The van der Waals surface area contributed by atoms with E-state index >= 15 is 0 Å². The molecule has 0 saturated heterocycles. The van der Waals surface area contributed by atoms with Gasteiger partial charge in [0.15, 0.2) is 0 Å². The Morgan fingerprint density at radius 1 is 0.697 bits per heavy atom. The van der Waals surface area contributed by atoms with E-state index in [1.165, 1.54) is 70.8 Å². The standard InChI is InChI=1S/C26H57ClNO3Si.ClH/c1-7-11-12-13-14-15-16-17-20-26(25-28(5,6)23-19-22-27)21-18-24-32(29-8-2,30-9-3)31-10-4;/h26H,7-25H2,1-6H3;1H/q+1;/p-1. The predicted octanol–water partition coefficient (Wildman–Crippen LogP) is 4.67. The molecule has 0 amide bonds. The maximum atomic E-state index is 6.08. The molecule has 0 aliphatic heterocycles. The zero-order valence-electron chi connectivity index (χ0n) is 22.9. The first-order valence-electron chi connectivity index (χ1n) is 13.7. The van der Waals surface area contributed by atoms with Gasteiger partial charge in [-0.1, -0.05) is 58.3 Å². The van der Waals surface area contributed by atoms with Crippen molar-refractivity contribution in [1.29, 1.82) is 0 Å². The van der Waals surface area contributed by atoms with Gasteiger partial charge in [-0.2, -0.15) is 0 Å². The van der Waals surface area contributed by atoms with E-state index in [0.29, 0.717) is 19.8 Å². The summed E-state index contributed by atoms with van der Waals surface area (Å²) in [7, 11) is 2.21. The summed E-state index contributed by atoms with van der Waals surface area (Å²) in [5, 5.41) is 0. The number of unbranched alkanes of at least 4 members (excludes halogenated alkanes) is 7. The Morgan fingerprint density at radius 2 is 1.18 bits per heavy atom. The summed E-state index contributed by atoms with van der Waals surface area (Å²) < 4.78 is 19.3. The fourth-order valence-corrected chi connectivity index (χ4v) is 7.54. The molecule has 0 spiro atoms. The molecule has 0 bridgehead atoms. The van der Waals surface area contributed by atoms with E-state index < -0.39 is 8.80 Å². The minimum atomic E-state index is -2.52. The SMILES string of the molecule is CCCCCCCCCCC(CCC[Si](OCC)(OCC)OCC)C[N+](C)(C)CCCCl.[Cl-]. The van der Waals surface area contributed by atoms with Gasteiger partial charge in [0.05, 0.1) is 27.2 Å². The Hall–Kier alpha value is 0.637. The Bertz CT molecular complexity index is 400. The number of nitrogens with zero attached hydrogens (tertiary/aromatic N) is 1. The fraction of sp³-hybridized carbons (Fsp3) is 1.00. The second-order valence-electron chi connectivity index (χ2n) is 9.89. The third-order valence-electron chi connectivity index (χ3n) is 6.30. The van der Waals surface area contributed by atoms with E-state index in [1.54, 1.807) is 0 Å². The first kappa shape index (κ1) is 35.8. The molecule has 0 fully saturated rings. The zero-order chi connectivity index (χ0) is 24.1. The van der Waals surface area contributed by atoms with Crippen LogP contribution < -0.4 is 12.4 Å². The maximum absolute atomic E-state index is 6.08. The normalized spacial score (nSPS) is 13.2. The Morgan fingerprint density at radius 3 is 1.67 bits per heavy atom. The van der Waals surface area contributed by atoms with Crippen LogP contribution in [-0.4, -0.2) is 66.2 Å². The van der Waals surface area contributed by atoms with Crippen LogP contribution in [-0.2, 0) is 13.3 Å². The molecule has 1 unspecified atom stereocenters. The predicted molar refractivity (Wildman–Crippen MR) is 143 cm³/mol. The molecule has 0 aliphatic carbocycles. The van der Waals surface area contributed by atoms with Gasteiger partial charge < -0.3 is 30.2 Å². The molecule has 0 aromatic carbocycles. The van der Waals surface area contributed by atoms with Gasteiger partial charge in [-0.15, -0.1) is 11.6 Å². The van der Waals surface area contributed by atoms with Crippen molar-refractivity contribution in [3.63, 3.8) is 0 Å². The van der Waals surface area contributed by atoms with E-state index in [2.05, 4.69) is 21.0 Å². The topological polar surface area (TPSA) is 27.7 Å². The highest BCUT2D eigenvalue weighted by atomic mass is 35.5. The molecule has 7 heteroatoms. The van der Waals surface area contributed by atoms with Crippen LogP contribution >= 0.6 is 11.6 Å². The molecule has 0 aromatic heterocycles. The molecule has 4 nitrogen and oxygen atoms in total. The third-order valence-corrected chi connectivity index (χ3v) is 9.72. The fourth-order valence-electron chi connectivity index (χ4n) is 4.78. The van der Waals surface area contributed by atoms with Crippen LogP contribution in [0.1, 0.15) is 105 Å². The number of alkyl halides is 1. The van der Waals surface area contributed by atoms with Crippen LogP contribution in [0, 0.1) is 5.92 Å². The van der Waals surface area contributed by atoms with Crippen LogP contribution in [0.5, 0.6) is 0 Å². The van der Waals surface area contributed by atoms with Gasteiger partial charge in [-0.25, -0.2) is 0 Å². The second kappa shape index (κ2) is 23.1. The van der Waals surface area contributed by atoms with Gasteiger partial charge in [0.25, 0.3) is 0 Å². The van der Waals surface area contributed by atoms with Crippen molar-refractivity contribution in [2.75, 3.05) is 52.9 Å². The van der Waals surface area contributed by atoms with Gasteiger partial charge in [-0.3, -0.25) is 0 Å². The average Bonchev–Trinajstić information content (AvgIpc) is 2.74. The Kier molecular flexibility index (Phi) is 25.0. The van der Waals surface area contributed by atoms with Gasteiger partial charge in [-0.05, 0) is 40.0 Å². The molecule has 0 saturated carbocycles. The summed E-state index contributed by atoms with van der Waals surface area (Å²) in [5.74, 6) is 1.51. The van der Waals surface area contributed by atoms with Crippen molar-refractivity contribution in [2.24, 2.45) is 5.92 Å². The highest BCUT2D eigenvalue weighted by Gasteiger charge is 2.40. The summed E-state index contributed by atoms with van der Waals surface area (Å²) in [6, 6.07) is 0.936. The zero-order valence-corrected chi connectivity index (χ0v) is 25.5. The number of halogens is 2. The van der Waals surface area contributed by atoms with E-state index in [9.17, 15) is 0 Å². The van der Waals surface area contributed by atoms with Crippen LogP contribution in [0.2, 0.25) is 6.04 Å². The second-order valence-corrected chi connectivity index (χ2v) is 13.0. The molecule has 0 radical (unpaired) electrons. The lowest BCUT2D eigenvalue weighted by atomic mass is 9.94. The first-order chi connectivity index (χ1) is 15.4. The maximum Gasteiger partial charge on any atom is 0.500 e. The summed E-state index contributed by atoms with van der Waals surface area (Å²) in [6.07, 6.45) is 15.9. The van der Waals surface area contributed by atoms with Crippen molar-refractivity contribution in [1.82, 2.24) is 0 Å². The molecule has 1 atom stereocenters. The summed E-state index contributed by atoms with van der Waals surface area (Å²) in [6.45, 7) is 12.8. The van der Waals surface area contributed by atoms with Crippen LogP contribution in [0.15, 0.2) is 0 Å². The van der Waals surface area contributed by atoms with E-state index in [4.69, 9.17) is 24.9 Å². The number of rotatable bonds is 24. The van der Waals surface area contributed by atoms with Crippen molar-refractivity contribution in [3.8, 4) is 0 Å². The molecule has 0 aliphatic rings. The van der Waals surface area contributed by atoms with Gasteiger partial charge in [0.1, 0.15) is 0 Å². The van der Waals surface area contributed by atoms with Gasteiger partial charge in [0.2, 0.25) is 0 Å². The lowest BCUT2D eigenvalue weighted by molar-refractivity contribution is -0.893. The molecule has 33 heavy (non-hydrogen) atoms. The smallest absolute Gasteiger partial charge is 0.500 e.